The Morgan fingerprint density at radius 1 is 1.38 bits per heavy atom. The fourth-order valence-corrected chi connectivity index (χ4v) is 1.71. The summed E-state index contributed by atoms with van der Waals surface area (Å²) in [6.07, 6.45) is 0.280. The van der Waals surface area contributed by atoms with Gasteiger partial charge in [0.05, 0.1) is 10.0 Å². The summed E-state index contributed by atoms with van der Waals surface area (Å²) >= 11 is 11.9. The lowest BCUT2D eigenvalue weighted by Gasteiger charge is -2.14. The zero-order valence-corrected chi connectivity index (χ0v) is 10.8. The summed E-state index contributed by atoms with van der Waals surface area (Å²) in [6.45, 7) is 3.65. The average molecular weight is 260 g/mol. The number of hydrogen-bond donors (Lipinski definition) is 1. The molecule has 0 radical (unpaired) electrons. The van der Waals surface area contributed by atoms with E-state index < -0.39 is 0 Å². The molecule has 2 unspecified atom stereocenters. The highest BCUT2D eigenvalue weighted by Crippen LogP contribution is 2.26. The zero-order chi connectivity index (χ0) is 12.3. The van der Waals surface area contributed by atoms with E-state index in [4.69, 9.17) is 28.9 Å². The first-order chi connectivity index (χ1) is 7.43. The molecule has 2 nitrogen and oxygen atoms in total. The van der Waals surface area contributed by atoms with Crippen LogP contribution in [0.4, 0.5) is 0 Å². The highest BCUT2D eigenvalue weighted by Gasteiger charge is 2.18. The van der Waals surface area contributed by atoms with Crippen molar-refractivity contribution in [2.24, 2.45) is 11.7 Å². The largest absolute Gasteiger partial charge is 0.327 e. The molecule has 0 spiro atoms. The van der Waals surface area contributed by atoms with Gasteiger partial charge in [-0.15, -0.1) is 0 Å². The molecule has 0 aromatic heterocycles. The maximum absolute atomic E-state index is 11.8. The van der Waals surface area contributed by atoms with Crippen LogP contribution in [0.15, 0.2) is 18.2 Å². The van der Waals surface area contributed by atoms with Crippen molar-refractivity contribution in [3.05, 3.63) is 33.8 Å². The fraction of sp³-hybridized carbons (Fsp3) is 0.417. The maximum atomic E-state index is 11.8. The van der Waals surface area contributed by atoms with Crippen LogP contribution < -0.4 is 5.73 Å². The predicted molar refractivity (Wildman–Crippen MR) is 68.0 cm³/mol. The molecule has 0 fully saturated rings. The summed E-state index contributed by atoms with van der Waals surface area (Å²) in [5, 5.41) is 0.926. The van der Waals surface area contributed by atoms with Crippen molar-refractivity contribution in [2.75, 3.05) is 0 Å². The van der Waals surface area contributed by atoms with Crippen LogP contribution in [-0.2, 0) is 11.2 Å². The van der Waals surface area contributed by atoms with E-state index in [9.17, 15) is 4.79 Å². The summed E-state index contributed by atoms with van der Waals surface area (Å²) in [7, 11) is 0. The molecule has 4 heteroatoms. The molecule has 0 aliphatic heterocycles. The van der Waals surface area contributed by atoms with E-state index in [0.717, 1.165) is 5.56 Å². The van der Waals surface area contributed by atoms with E-state index in [1.807, 2.05) is 13.8 Å². The monoisotopic (exact) mass is 259 g/mol. The summed E-state index contributed by atoms with van der Waals surface area (Å²) in [5.74, 6) is -0.0887. The van der Waals surface area contributed by atoms with Crippen molar-refractivity contribution in [3.63, 3.8) is 0 Å². The van der Waals surface area contributed by atoms with Crippen LogP contribution in [0, 0.1) is 5.92 Å². The predicted octanol–water partition coefficient (Wildman–Crippen LogP) is 3.09. The van der Waals surface area contributed by atoms with Gasteiger partial charge in [-0.1, -0.05) is 42.3 Å². The summed E-state index contributed by atoms with van der Waals surface area (Å²) in [4.78, 5) is 11.8. The molecule has 16 heavy (non-hydrogen) atoms. The van der Waals surface area contributed by atoms with E-state index >= 15 is 0 Å². The highest BCUT2D eigenvalue weighted by molar-refractivity contribution is 6.42. The van der Waals surface area contributed by atoms with E-state index in [2.05, 4.69) is 0 Å². The Bertz CT molecular complexity index is 391. The van der Waals surface area contributed by atoms with Gasteiger partial charge >= 0.3 is 0 Å². The van der Waals surface area contributed by atoms with Crippen LogP contribution in [0.25, 0.3) is 0 Å². The van der Waals surface area contributed by atoms with Crippen LogP contribution in [0.1, 0.15) is 19.4 Å². The van der Waals surface area contributed by atoms with Crippen molar-refractivity contribution in [1.82, 2.24) is 0 Å². The number of rotatable bonds is 4. The zero-order valence-electron chi connectivity index (χ0n) is 9.34. The van der Waals surface area contributed by atoms with Gasteiger partial charge in [0.2, 0.25) is 0 Å². The van der Waals surface area contributed by atoms with Gasteiger partial charge < -0.3 is 5.73 Å². The number of halogens is 2. The van der Waals surface area contributed by atoms with E-state index in [0.29, 0.717) is 10.0 Å². The Kier molecular flexibility index (Phi) is 4.78. The van der Waals surface area contributed by atoms with Crippen molar-refractivity contribution in [3.8, 4) is 0 Å². The van der Waals surface area contributed by atoms with E-state index in [-0.39, 0.29) is 24.2 Å². The number of hydrogen-bond acceptors (Lipinski definition) is 2. The van der Waals surface area contributed by atoms with Crippen LogP contribution >= 0.6 is 23.2 Å². The number of benzene rings is 1. The van der Waals surface area contributed by atoms with Crippen LogP contribution in [0.2, 0.25) is 10.0 Å². The Balaban J connectivity index is 2.81. The van der Waals surface area contributed by atoms with Gasteiger partial charge in [-0.25, -0.2) is 0 Å². The maximum Gasteiger partial charge on any atom is 0.141 e. The number of nitrogens with two attached hydrogens (primary N) is 1. The highest BCUT2D eigenvalue weighted by atomic mass is 35.5. The van der Waals surface area contributed by atoms with Crippen molar-refractivity contribution < 1.29 is 4.79 Å². The fourth-order valence-electron chi connectivity index (χ4n) is 1.33. The molecule has 1 aromatic rings. The van der Waals surface area contributed by atoms with Crippen molar-refractivity contribution in [2.45, 2.75) is 26.3 Å². The van der Waals surface area contributed by atoms with E-state index in [1.165, 1.54) is 0 Å². The first-order valence-corrected chi connectivity index (χ1v) is 5.90. The van der Waals surface area contributed by atoms with Crippen molar-refractivity contribution in [1.29, 1.82) is 0 Å². The Hall–Kier alpha value is -0.570. The molecule has 0 aliphatic rings. The Morgan fingerprint density at radius 3 is 2.56 bits per heavy atom. The van der Waals surface area contributed by atoms with Crippen molar-refractivity contribution >= 4 is 29.0 Å². The minimum atomic E-state index is -0.171. The van der Waals surface area contributed by atoms with Gasteiger partial charge in [-0.2, -0.15) is 0 Å². The molecule has 88 valence electrons. The lowest BCUT2D eigenvalue weighted by molar-refractivity contribution is -0.122. The number of carbonyl (C=O) groups excluding carboxylic acids is 1. The lowest BCUT2D eigenvalue weighted by atomic mass is 9.94. The van der Waals surface area contributed by atoms with Gasteiger partial charge in [0.25, 0.3) is 0 Å². The second-order valence-electron chi connectivity index (χ2n) is 4.00. The second kappa shape index (κ2) is 5.67. The minimum absolute atomic E-state index is 0.0826. The Morgan fingerprint density at radius 2 is 2.00 bits per heavy atom. The van der Waals surface area contributed by atoms with Crippen LogP contribution in [-0.4, -0.2) is 11.8 Å². The first kappa shape index (κ1) is 13.5. The van der Waals surface area contributed by atoms with Crippen LogP contribution in [0.5, 0.6) is 0 Å². The Labute approximate surface area is 106 Å². The number of carbonyl (C=O) groups is 1. The average Bonchev–Trinajstić information content (AvgIpc) is 2.23. The third-order valence-corrected chi connectivity index (χ3v) is 3.55. The molecule has 0 saturated carbocycles. The molecule has 2 N–H and O–H groups in total. The second-order valence-corrected chi connectivity index (χ2v) is 4.79. The summed E-state index contributed by atoms with van der Waals surface area (Å²) in [6, 6.07) is 5.14. The standard InChI is InChI=1S/C12H15Cl2NO/c1-7(8(2)15)11(16)6-9-4-3-5-10(13)12(9)14/h3-5,7-8H,6,15H2,1-2H3. The topological polar surface area (TPSA) is 43.1 Å². The summed E-state index contributed by atoms with van der Waals surface area (Å²) < 4.78 is 0. The molecule has 1 aromatic carbocycles. The molecule has 2 atom stereocenters. The smallest absolute Gasteiger partial charge is 0.141 e. The third-order valence-electron chi connectivity index (χ3n) is 2.69. The molecule has 0 saturated heterocycles. The van der Waals surface area contributed by atoms with Crippen LogP contribution in [0.3, 0.4) is 0 Å². The van der Waals surface area contributed by atoms with E-state index in [1.54, 1.807) is 18.2 Å². The number of Topliss-reactive ketones (excluding diaryl/α,β-unsaturated/α-hetero) is 1. The molecule has 0 heterocycles. The third kappa shape index (κ3) is 3.21. The van der Waals surface area contributed by atoms with Gasteiger partial charge in [0.15, 0.2) is 0 Å². The molecule has 0 bridgehead atoms. The van der Waals surface area contributed by atoms with Gasteiger partial charge in [0, 0.05) is 18.4 Å². The number of ketones is 1. The molecule has 1 rings (SSSR count). The van der Waals surface area contributed by atoms with Gasteiger partial charge in [0.1, 0.15) is 5.78 Å². The molecular formula is C12H15Cl2NO. The minimum Gasteiger partial charge on any atom is -0.327 e. The normalized spacial score (nSPS) is 14.6. The SMILES string of the molecule is CC(N)C(C)C(=O)Cc1cccc(Cl)c1Cl. The first-order valence-electron chi connectivity index (χ1n) is 5.14. The molecular weight excluding hydrogens is 245 g/mol. The molecule has 0 amide bonds. The van der Waals surface area contributed by atoms with Gasteiger partial charge in [-0.3, -0.25) is 4.79 Å². The quantitative estimate of drug-likeness (QED) is 0.903. The lowest BCUT2D eigenvalue weighted by Crippen LogP contribution is -2.31. The summed E-state index contributed by atoms with van der Waals surface area (Å²) in [5.41, 5.74) is 6.43. The van der Waals surface area contributed by atoms with Gasteiger partial charge in [-0.05, 0) is 18.6 Å². The molecule has 0 aliphatic carbocycles.